The SMILES string of the molecule is [2H]c1sc(N)nc1CC(=O)Nc1ccc(CC([2H])([2H])CC([2H])([2H])[C@]([2H])(O)c2c([2H])c([2H])c([2H])c(C)c2[2H])cc1. The van der Waals surface area contributed by atoms with Crippen LogP contribution in [0, 0.1) is 6.92 Å². The summed E-state index contributed by atoms with van der Waals surface area (Å²) in [4.78, 5) is 16.2. The number of nitrogens with two attached hydrogens (primary N) is 1. The molecule has 0 aliphatic carbocycles. The summed E-state index contributed by atoms with van der Waals surface area (Å²) in [5.41, 5.74) is 5.75. The largest absolute Gasteiger partial charge is 0.388 e. The summed E-state index contributed by atoms with van der Waals surface area (Å²) in [6, 6.07) is 3.56. The molecule has 0 fully saturated rings. The molecule has 0 aliphatic heterocycles. The van der Waals surface area contributed by atoms with E-state index in [0.29, 0.717) is 11.3 Å². The number of rotatable bonds is 9. The number of carbonyl (C=O) groups is 1. The van der Waals surface area contributed by atoms with E-state index in [-0.39, 0.29) is 34.6 Å². The number of amides is 1. The quantitative estimate of drug-likeness (QED) is 0.471. The summed E-state index contributed by atoms with van der Waals surface area (Å²) in [7, 11) is 0. The maximum Gasteiger partial charge on any atom is 0.230 e. The molecule has 6 heteroatoms. The zero-order chi connectivity index (χ0) is 29.5. The summed E-state index contributed by atoms with van der Waals surface area (Å²) in [6.07, 6.45) is -9.93. The van der Waals surface area contributed by atoms with Gasteiger partial charge in [0.1, 0.15) is 0 Å². The van der Waals surface area contributed by atoms with Gasteiger partial charge in [-0.1, -0.05) is 48.3 Å². The van der Waals surface area contributed by atoms with Gasteiger partial charge in [0, 0.05) is 16.5 Å². The first-order valence-corrected chi connectivity index (χ1v) is 9.58. The van der Waals surface area contributed by atoms with Crippen LogP contribution >= 0.6 is 11.3 Å². The molecule has 0 saturated heterocycles. The first-order valence-electron chi connectivity index (χ1n) is 13.8. The van der Waals surface area contributed by atoms with Crippen LogP contribution in [0.15, 0.2) is 53.8 Å². The Morgan fingerprint density at radius 1 is 1.41 bits per heavy atom. The highest BCUT2D eigenvalue weighted by Gasteiger charge is 2.08. The lowest BCUT2D eigenvalue weighted by Crippen LogP contribution is -2.14. The summed E-state index contributed by atoms with van der Waals surface area (Å²) in [5.74, 6) is -0.424. The fourth-order valence-corrected chi connectivity index (χ4v) is 2.92. The van der Waals surface area contributed by atoms with Crippen LogP contribution in [0.25, 0.3) is 0 Å². The number of carbonyl (C=O) groups excluding carboxylic acids is 1. The first-order chi connectivity index (χ1) is 17.9. The number of aliphatic hydroxyl groups is 1. The average molecular weight is 420 g/mol. The van der Waals surface area contributed by atoms with Crippen molar-refractivity contribution in [2.75, 3.05) is 11.1 Å². The van der Waals surface area contributed by atoms with Gasteiger partial charge in [0.15, 0.2) is 5.13 Å². The van der Waals surface area contributed by atoms with Gasteiger partial charge in [-0.25, -0.2) is 4.98 Å². The molecule has 2 aromatic carbocycles. The molecule has 1 heterocycles. The number of anilines is 2. The van der Waals surface area contributed by atoms with Gasteiger partial charge in [0.2, 0.25) is 5.91 Å². The van der Waals surface area contributed by atoms with E-state index in [0.717, 1.165) is 11.3 Å². The van der Waals surface area contributed by atoms with Crippen LogP contribution in [0.4, 0.5) is 10.8 Å². The Bertz CT molecular complexity index is 1360. The van der Waals surface area contributed by atoms with Crippen LogP contribution in [0.3, 0.4) is 0 Å². The topological polar surface area (TPSA) is 88.2 Å². The van der Waals surface area contributed by atoms with E-state index in [1.165, 1.54) is 31.2 Å². The Hall–Kier alpha value is -2.70. The van der Waals surface area contributed by atoms with Crippen molar-refractivity contribution in [3.63, 3.8) is 0 Å². The monoisotopic (exact) mass is 419 g/mol. The molecular weight excluding hydrogens is 382 g/mol. The number of nitrogens with one attached hydrogen (secondary N) is 1. The number of aryl methyl sites for hydroxylation is 1. The molecule has 0 radical (unpaired) electrons. The molecule has 3 aromatic rings. The van der Waals surface area contributed by atoms with Crippen LogP contribution in [0.1, 0.15) is 61.3 Å². The van der Waals surface area contributed by atoms with Crippen molar-refractivity contribution >= 4 is 28.1 Å². The summed E-state index contributed by atoms with van der Waals surface area (Å²) in [6.45, 7) is 1.30. The Morgan fingerprint density at radius 3 is 2.93 bits per heavy atom. The second kappa shape index (κ2) is 10.2. The third kappa shape index (κ3) is 6.69. The molecule has 29 heavy (non-hydrogen) atoms. The van der Waals surface area contributed by atoms with E-state index < -0.39 is 60.9 Å². The number of hydrogen-bond acceptors (Lipinski definition) is 5. The molecule has 5 nitrogen and oxygen atoms in total. The highest BCUT2D eigenvalue weighted by molar-refractivity contribution is 7.13. The zero-order valence-corrected chi connectivity index (χ0v) is 16.5. The van der Waals surface area contributed by atoms with Crippen LogP contribution in [0.2, 0.25) is 0 Å². The van der Waals surface area contributed by atoms with Crippen molar-refractivity contribution in [1.82, 2.24) is 4.98 Å². The van der Waals surface area contributed by atoms with Gasteiger partial charge in [-0.05, 0) is 49.4 Å². The molecule has 1 aromatic heterocycles. The van der Waals surface area contributed by atoms with Gasteiger partial charge in [-0.15, -0.1) is 11.3 Å². The van der Waals surface area contributed by atoms with Crippen LogP contribution in [0.5, 0.6) is 0 Å². The van der Waals surface area contributed by atoms with Crippen molar-refractivity contribution in [2.45, 2.75) is 45.0 Å². The Morgan fingerprint density at radius 2 is 2.21 bits per heavy atom. The molecule has 4 N–H and O–H groups in total. The van der Waals surface area contributed by atoms with Gasteiger partial charge < -0.3 is 16.2 Å². The molecular formula is C23H27N3O2S. The third-order valence-electron chi connectivity index (χ3n) is 3.78. The van der Waals surface area contributed by atoms with Gasteiger partial charge in [0.05, 0.1) is 26.4 Å². The minimum absolute atomic E-state index is 0.0984. The molecule has 0 bridgehead atoms. The molecule has 0 spiro atoms. The van der Waals surface area contributed by atoms with Crippen LogP contribution in [-0.4, -0.2) is 16.0 Å². The van der Waals surface area contributed by atoms with Crippen molar-refractivity contribution < 1.29 is 23.6 Å². The number of thiazole rings is 1. The second-order valence-electron chi connectivity index (χ2n) is 6.15. The van der Waals surface area contributed by atoms with Gasteiger partial charge in [0.25, 0.3) is 0 Å². The second-order valence-corrected chi connectivity index (χ2v) is 6.98. The van der Waals surface area contributed by atoms with Crippen molar-refractivity contribution in [3.8, 4) is 0 Å². The molecule has 0 unspecified atom stereocenters. The fourth-order valence-electron chi connectivity index (χ4n) is 2.43. The van der Waals surface area contributed by atoms with Crippen LogP contribution in [-0.2, 0) is 17.6 Å². The molecule has 1 amide bonds. The van der Waals surface area contributed by atoms with Gasteiger partial charge in [-0.3, -0.25) is 4.79 Å². The van der Waals surface area contributed by atoms with Gasteiger partial charge in [-0.2, -0.15) is 0 Å². The minimum Gasteiger partial charge on any atom is -0.388 e. The molecule has 152 valence electrons. The van der Waals surface area contributed by atoms with Crippen LogP contribution < -0.4 is 11.1 Å². The normalized spacial score (nSPS) is 19.0. The molecule has 1 atom stereocenters. The maximum absolute atomic E-state index is 12.3. The van der Waals surface area contributed by atoms with Crippen molar-refractivity contribution in [1.29, 1.82) is 0 Å². The van der Waals surface area contributed by atoms with Crippen molar-refractivity contribution in [2.24, 2.45) is 0 Å². The van der Waals surface area contributed by atoms with E-state index in [1.807, 2.05) is 0 Å². The highest BCUT2D eigenvalue weighted by Crippen LogP contribution is 2.21. The highest BCUT2D eigenvalue weighted by atomic mass is 32.1. The van der Waals surface area contributed by atoms with E-state index in [9.17, 15) is 9.90 Å². The standard InChI is InChI=1S/C23H27N3O2S/c1-16-5-4-7-18(13-16)21(27)8-3-2-6-17-9-11-19(12-10-17)25-22(28)14-20-15-29-23(24)26-20/h4-5,7,9-13,15,21,27H,2-3,6,8,14H2,1H3,(H2,24,26)(H,25,28)/t21-/m0/s1/i2D2,4D,5D,7D,8D2,13D,15D,21D. The molecule has 0 aliphatic rings. The Balaban J connectivity index is 1.73. The summed E-state index contributed by atoms with van der Waals surface area (Å²) in [5, 5.41) is 13.8. The first kappa shape index (κ1) is 11.5. The number of nitrogens with zero attached hydrogens (tertiary/aromatic N) is 1. The Labute approximate surface area is 189 Å². The van der Waals surface area contributed by atoms with E-state index >= 15 is 0 Å². The third-order valence-corrected chi connectivity index (χ3v) is 4.42. The maximum atomic E-state index is 12.3. The summed E-state index contributed by atoms with van der Waals surface area (Å²) < 4.78 is 81.4. The molecule has 0 saturated carbocycles. The number of benzene rings is 2. The predicted molar refractivity (Wildman–Crippen MR) is 119 cm³/mol. The number of hydrogen-bond donors (Lipinski definition) is 3. The predicted octanol–water partition coefficient (Wildman–Crippen LogP) is 4.66. The average Bonchev–Trinajstić information content (AvgIpc) is 3.12. The van der Waals surface area contributed by atoms with E-state index in [2.05, 4.69) is 10.3 Å². The van der Waals surface area contributed by atoms with E-state index in [4.69, 9.17) is 19.4 Å². The van der Waals surface area contributed by atoms with E-state index in [1.54, 1.807) is 0 Å². The minimum atomic E-state index is -3.24. The van der Waals surface area contributed by atoms with Crippen molar-refractivity contribution in [3.05, 3.63) is 76.2 Å². The lowest BCUT2D eigenvalue weighted by molar-refractivity contribution is -0.115. The lowest BCUT2D eigenvalue weighted by Gasteiger charge is -2.11. The van der Waals surface area contributed by atoms with Gasteiger partial charge >= 0.3 is 0 Å². The number of nitrogen functional groups attached to an aromatic ring is 1. The zero-order valence-electron chi connectivity index (χ0n) is 25.7. The summed E-state index contributed by atoms with van der Waals surface area (Å²) >= 11 is 0.961. The Kier molecular flexibility index (Phi) is 4.03. The smallest absolute Gasteiger partial charge is 0.230 e. The number of aromatic nitrogens is 1. The molecule has 3 rings (SSSR count). The lowest BCUT2D eigenvalue weighted by atomic mass is 10.00. The fraction of sp³-hybridized carbons (Fsp3) is 0.304.